The van der Waals surface area contributed by atoms with Gasteiger partial charge >= 0.3 is 5.97 Å². The lowest BCUT2D eigenvalue weighted by atomic mass is 10.1. The molecule has 2 amide bonds. The molecule has 41 heavy (non-hydrogen) atoms. The predicted octanol–water partition coefficient (Wildman–Crippen LogP) is 1.91. The number of aryl methyl sites for hydroxylation is 1. The van der Waals surface area contributed by atoms with Gasteiger partial charge in [0.05, 0.1) is 4.90 Å². The number of nitrogens with zero attached hydrogens (tertiary/aromatic N) is 1. The first-order valence-corrected chi connectivity index (χ1v) is 14.6. The van der Waals surface area contributed by atoms with Crippen LogP contribution in [-0.4, -0.2) is 62.9 Å². The van der Waals surface area contributed by atoms with Crippen LogP contribution in [0.5, 0.6) is 0 Å². The van der Waals surface area contributed by atoms with Gasteiger partial charge in [0.2, 0.25) is 15.9 Å². The number of guanidine groups is 1. The fraction of sp³-hybridized carbons (Fsp3) is 0.241. The molecule has 3 aromatic carbocycles. The smallest absolute Gasteiger partial charge is 0.323 e. The number of hydrogen-bond acceptors (Lipinski definition) is 7. The number of carboxylic acid groups (broad SMARTS) is 1. The summed E-state index contributed by atoms with van der Waals surface area (Å²) in [6.45, 7) is 0.980. The summed E-state index contributed by atoms with van der Waals surface area (Å²) in [6.07, 6.45) is 1.62. The third-order valence-electron chi connectivity index (χ3n) is 6.35. The fourth-order valence-electron chi connectivity index (χ4n) is 4.08. The molecule has 0 bridgehead atoms. The van der Waals surface area contributed by atoms with Crippen LogP contribution >= 0.6 is 0 Å². The Kier molecular flexibility index (Phi) is 9.82. The van der Waals surface area contributed by atoms with E-state index < -0.39 is 34.5 Å². The van der Waals surface area contributed by atoms with E-state index >= 15 is 0 Å². The van der Waals surface area contributed by atoms with E-state index in [1.54, 1.807) is 36.4 Å². The number of carbonyl (C=O) groups is 3. The SMILES string of the molecule is O=C(CCc1ccc(C(=O)NC[C@H](NS(=O)(=O)c2ccc(-c3ccccc3)cc2)C(=O)O)cc1)NC1=NCCCN1. The molecule has 0 radical (unpaired) electrons. The highest BCUT2D eigenvalue weighted by Crippen LogP contribution is 2.21. The highest BCUT2D eigenvalue weighted by Gasteiger charge is 2.26. The van der Waals surface area contributed by atoms with Crippen LogP contribution < -0.4 is 20.7 Å². The lowest BCUT2D eigenvalue weighted by Gasteiger charge is -2.16. The summed E-state index contributed by atoms with van der Waals surface area (Å²) in [5.41, 5.74) is 2.83. The summed E-state index contributed by atoms with van der Waals surface area (Å²) < 4.78 is 27.8. The second kappa shape index (κ2) is 13.7. The first kappa shape index (κ1) is 29.4. The van der Waals surface area contributed by atoms with Crippen molar-refractivity contribution in [1.82, 2.24) is 20.7 Å². The van der Waals surface area contributed by atoms with E-state index in [0.29, 0.717) is 18.9 Å². The Hall–Kier alpha value is -4.55. The topological polar surface area (TPSA) is 166 Å². The van der Waals surface area contributed by atoms with Crippen LogP contribution in [0, 0.1) is 0 Å². The van der Waals surface area contributed by atoms with Crippen LogP contribution in [0.2, 0.25) is 0 Å². The molecule has 1 aliphatic rings. The third-order valence-corrected chi connectivity index (χ3v) is 7.83. The van der Waals surface area contributed by atoms with E-state index in [1.165, 1.54) is 12.1 Å². The number of sulfonamides is 1. The van der Waals surface area contributed by atoms with Crippen LogP contribution in [0.15, 0.2) is 88.8 Å². The van der Waals surface area contributed by atoms with Crippen LogP contribution in [0.3, 0.4) is 0 Å². The van der Waals surface area contributed by atoms with E-state index in [4.69, 9.17) is 0 Å². The number of hydrogen-bond donors (Lipinski definition) is 5. The zero-order valence-electron chi connectivity index (χ0n) is 22.2. The van der Waals surface area contributed by atoms with Gasteiger partial charge in [-0.15, -0.1) is 0 Å². The van der Waals surface area contributed by atoms with Gasteiger partial charge in [-0.25, -0.2) is 8.42 Å². The number of aliphatic imine (C=N–C) groups is 1. The average Bonchev–Trinajstić information content (AvgIpc) is 2.99. The van der Waals surface area contributed by atoms with Crippen LogP contribution in [0.4, 0.5) is 0 Å². The lowest BCUT2D eigenvalue weighted by Crippen LogP contribution is -2.48. The van der Waals surface area contributed by atoms with Gasteiger partial charge in [-0.05, 0) is 53.8 Å². The Morgan fingerprint density at radius 2 is 1.61 bits per heavy atom. The molecule has 0 saturated heterocycles. The van der Waals surface area contributed by atoms with Crippen molar-refractivity contribution < 1.29 is 27.9 Å². The van der Waals surface area contributed by atoms with E-state index in [0.717, 1.165) is 29.7 Å². The second-order valence-electron chi connectivity index (χ2n) is 9.37. The monoisotopic (exact) mass is 577 g/mol. The summed E-state index contributed by atoms with van der Waals surface area (Å²) in [6, 6.07) is 20.4. The predicted molar refractivity (Wildman–Crippen MR) is 154 cm³/mol. The number of nitrogens with one attached hydrogen (secondary N) is 4. The first-order valence-electron chi connectivity index (χ1n) is 13.1. The molecule has 214 valence electrons. The Bertz CT molecular complexity index is 1510. The second-order valence-corrected chi connectivity index (χ2v) is 11.1. The van der Waals surface area contributed by atoms with Crippen molar-refractivity contribution >= 4 is 33.8 Å². The molecule has 0 aromatic heterocycles. The molecule has 0 unspecified atom stereocenters. The van der Waals surface area contributed by atoms with Gasteiger partial charge in [-0.3, -0.25) is 24.7 Å². The summed E-state index contributed by atoms with van der Waals surface area (Å²) >= 11 is 0. The molecule has 3 aromatic rings. The van der Waals surface area contributed by atoms with Crippen molar-refractivity contribution in [3.63, 3.8) is 0 Å². The van der Waals surface area contributed by atoms with Crippen LogP contribution in [0.25, 0.3) is 11.1 Å². The Labute approximate surface area is 238 Å². The number of aliphatic carboxylic acids is 1. The van der Waals surface area contributed by atoms with Crippen molar-refractivity contribution in [2.24, 2.45) is 4.99 Å². The van der Waals surface area contributed by atoms with Crippen molar-refractivity contribution in [3.05, 3.63) is 90.0 Å². The first-order chi connectivity index (χ1) is 19.7. The number of carbonyl (C=O) groups excluding carboxylic acids is 2. The normalized spacial score (nSPS) is 13.8. The van der Waals surface area contributed by atoms with Gasteiger partial charge in [0, 0.05) is 31.6 Å². The van der Waals surface area contributed by atoms with Gasteiger partial charge in [-0.1, -0.05) is 54.6 Å². The molecule has 1 aliphatic heterocycles. The minimum absolute atomic E-state index is 0.0954. The summed E-state index contributed by atoms with van der Waals surface area (Å²) in [5, 5.41) is 17.8. The molecule has 0 saturated carbocycles. The fourth-order valence-corrected chi connectivity index (χ4v) is 5.27. The van der Waals surface area contributed by atoms with Crippen molar-refractivity contribution in [3.8, 4) is 11.1 Å². The zero-order chi connectivity index (χ0) is 29.2. The van der Waals surface area contributed by atoms with Gasteiger partial charge in [-0.2, -0.15) is 4.72 Å². The molecule has 0 fully saturated rings. The summed E-state index contributed by atoms with van der Waals surface area (Å²) in [4.78, 5) is 40.6. The quantitative estimate of drug-likeness (QED) is 0.232. The van der Waals surface area contributed by atoms with Crippen molar-refractivity contribution in [1.29, 1.82) is 0 Å². The molecule has 1 atom stereocenters. The number of benzene rings is 3. The minimum atomic E-state index is -4.17. The van der Waals surface area contributed by atoms with E-state index in [2.05, 4.69) is 25.7 Å². The molecule has 11 nitrogen and oxygen atoms in total. The van der Waals surface area contributed by atoms with Gasteiger partial charge in [0.15, 0.2) is 5.96 Å². The minimum Gasteiger partial charge on any atom is -0.480 e. The molecular formula is C29H31N5O6S. The lowest BCUT2D eigenvalue weighted by molar-refractivity contribution is -0.138. The van der Waals surface area contributed by atoms with Crippen LogP contribution in [-0.2, 0) is 26.0 Å². The summed E-state index contributed by atoms with van der Waals surface area (Å²) in [5.74, 6) is -1.68. The Morgan fingerprint density at radius 3 is 2.24 bits per heavy atom. The standard InChI is InChI=1S/C29H31N5O6S/c35-26(33-29-30-17-4-18-31-29)16-9-20-7-10-23(11-8-20)27(36)32-19-25(28(37)38)34-41(39,40)24-14-12-22(13-15-24)21-5-2-1-3-6-21/h1-3,5-8,10-15,25,34H,4,9,16-19H2,(H,32,36)(H,37,38)(H2,30,31,33,35)/t25-/m0/s1. The average molecular weight is 578 g/mol. The van der Waals surface area contributed by atoms with Gasteiger partial charge in [0.1, 0.15) is 6.04 Å². The Morgan fingerprint density at radius 1 is 0.927 bits per heavy atom. The molecular weight excluding hydrogens is 546 g/mol. The Balaban J connectivity index is 1.29. The molecule has 0 spiro atoms. The highest BCUT2D eigenvalue weighted by molar-refractivity contribution is 7.89. The van der Waals surface area contributed by atoms with E-state index in [1.807, 2.05) is 30.3 Å². The number of amides is 2. The maximum Gasteiger partial charge on any atom is 0.323 e. The van der Waals surface area contributed by atoms with Crippen molar-refractivity contribution in [2.75, 3.05) is 19.6 Å². The number of rotatable bonds is 11. The zero-order valence-corrected chi connectivity index (χ0v) is 23.0. The maximum absolute atomic E-state index is 12.8. The molecule has 5 N–H and O–H groups in total. The van der Waals surface area contributed by atoms with Crippen LogP contribution in [0.1, 0.15) is 28.8 Å². The third kappa shape index (κ3) is 8.47. The molecule has 12 heteroatoms. The molecule has 4 rings (SSSR count). The maximum atomic E-state index is 12.8. The molecule has 1 heterocycles. The van der Waals surface area contributed by atoms with Crippen molar-refractivity contribution in [2.45, 2.75) is 30.2 Å². The van der Waals surface area contributed by atoms with Gasteiger partial charge in [0.25, 0.3) is 5.91 Å². The van der Waals surface area contributed by atoms with Gasteiger partial charge < -0.3 is 15.7 Å². The summed E-state index contributed by atoms with van der Waals surface area (Å²) in [7, 11) is -4.17. The number of carboxylic acids is 1. The molecule has 0 aliphatic carbocycles. The van der Waals surface area contributed by atoms with E-state index in [-0.39, 0.29) is 22.8 Å². The largest absolute Gasteiger partial charge is 0.480 e. The van der Waals surface area contributed by atoms with E-state index in [9.17, 15) is 27.9 Å². The highest BCUT2D eigenvalue weighted by atomic mass is 32.2.